The maximum atomic E-state index is 11.0. The van der Waals surface area contributed by atoms with Gasteiger partial charge in [-0.1, -0.05) is 18.2 Å². The van der Waals surface area contributed by atoms with Gasteiger partial charge in [-0.2, -0.15) is 0 Å². The van der Waals surface area contributed by atoms with Crippen molar-refractivity contribution < 1.29 is 14.6 Å². The fourth-order valence-corrected chi connectivity index (χ4v) is 1.96. The first-order valence-electron chi connectivity index (χ1n) is 5.33. The van der Waals surface area contributed by atoms with E-state index in [1.165, 1.54) is 0 Å². The molecule has 3 N–H and O–H groups in total. The molecule has 1 aliphatic carbocycles. The first-order valence-corrected chi connectivity index (χ1v) is 5.33. The first-order chi connectivity index (χ1) is 7.59. The Morgan fingerprint density at radius 1 is 1.62 bits per heavy atom. The van der Waals surface area contributed by atoms with Gasteiger partial charge < -0.3 is 15.6 Å². The summed E-state index contributed by atoms with van der Waals surface area (Å²) in [6.45, 7) is 2.46. The number of nitrogens with two attached hydrogens (primary N) is 1. The van der Waals surface area contributed by atoms with E-state index >= 15 is 0 Å². The summed E-state index contributed by atoms with van der Waals surface area (Å²) in [4.78, 5) is 11.0. The highest BCUT2D eigenvalue weighted by molar-refractivity contribution is 5.85. The summed E-state index contributed by atoms with van der Waals surface area (Å²) in [5.41, 5.74) is 5.57. The van der Waals surface area contributed by atoms with Crippen molar-refractivity contribution in [3.8, 4) is 5.75 Å². The van der Waals surface area contributed by atoms with E-state index in [9.17, 15) is 4.79 Å². The lowest BCUT2D eigenvalue weighted by Crippen LogP contribution is -2.34. The number of carbonyl (C=O) groups is 1. The SMILES string of the molecule is CCOc1ccccc1[C@@H]1C[C@@]1(N)C(=O)O. The van der Waals surface area contributed by atoms with Crippen molar-refractivity contribution in [3.05, 3.63) is 29.8 Å². The molecule has 16 heavy (non-hydrogen) atoms. The molecule has 1 aliphatic rings. The molecule has 4 heteroatoms. The summed E-state index contributed by atoms with van der Waals surface area (Å²) in [6, 6.07) is 7.47. The van der Waals surface area contributed by atoms with E-state index in [-0.39, 0.29) is 5.92 Å². The van der Waals surface area contributed by atoms with Crippen molar-refractivity contribution in [2.24, 2.45) is 5.73 Å². The number of ether oxygens (including phenoxy) is 1. The Kier molecular flexibility index (Phi) is 2.59. The van der Waals surface area contributed by atoms with E-state index in [1.807, 2.05) is 31.2 Å². The molecule has 86 valence electrons. The number of benzene rings is 1. The zero-order chi connectivity index (χ0) is 11.8. The van der Waals surface area contributed by atoms with Gasteiger partial charge in [0.25, 0.3) is 0 Å². The number of aliphatic carboxylic acids is 1. The normalized spacial score (nSPS) is 27.5. The largest absolute Gasteiger partial charge is 0.494 e. The lowest BCUT2D eigenvalue weighted by Gasteiger charge is -2.11. The zero-order valence-electron chi connectivity index (χ0n) is 9.14. The van der Waals surface area contributed by atoms with Crippen LogP contribution in [0.2, 0.25) is 0 Å². The standard InChI is InChI=1S/C12H15NO3/c1-2-16-10-6-4-3-5-8(10)9-7-12(9,13)11(14)15/h3-6,9H,2,7,13H2,1H3,(H,14,15)/t9-,12-/m0/s1. The lowest BCUT2D eigenvalue weighted by molar-refractivity contribution is -0.139. The molecular formula is C12H15NO3. The Morgan fingerprint density at radius 3 is 2.88 bits per heavy atom. The second-order valence-electron chi connectivity index (χ2n) is 4.07. The van der Waals surface area contributed by atoms with E-state index in [0.29, 0.717) is 13.0 Å². The third-order valence-electron chi connectivity index (χ3n) is 3.00. The van der Waals surface area contributed by atoms with E-state index in [1.54, 1.807) is 0 Å². The van der Waals surface area contributed by atoms with Crippen molar-refractivity contribution in [2.45, 2.75) is 24.8 Å². The Balaban J connectivity index is 2.26. The summed E-state index contributed by atoms with van der Waals surface area (Å²) in [5.74, 6) is -0.333. The van der Waals surface area contributed by atoms with Gasteiger partial charge in [-0.25, -0.2) is 0 Å². The van der Waals surface area contributed by atoms with Crippen molar-refractivity contribution in [3.63, 3.8) is 0 Å². The maximum Gasteiger partial charge on any atom is 0.324 e. The van der Waals surface area contributed by atoms with Gasteiger partial charge >= 0.3 is 5.97 Å². The molecule has 0 unspecified atom stereocenters. The monoisotopic (exact) mass is 221 g/mol. The third-order valence-corrected chi connectivity index (χ3v) is 3.00. The fraction of sp³-hybridized carbons (Fsp3) is 0.417. The molecule has 2 rings (SSSR count). The molecule has 0 heterocycles. The minimum atomic E-state index is -1.10. The predicted molar refractivity (Wildman–Crippen MR) is 59.5 cm³/mol. The van der Waals surface area contributed by atoms with E-state index < -0.39 is 11.5 Å². The summed E-state index contributed by atoms with van der Waals surface area (Å²) in [5, 5.41) is 9.00. The molecule has 1 saturated carbocycles. The van der Waals surface area contributed by atoms with Crippen molar-refractivity contribution in [2.75, 3.05) is 6.61 Å². The van der Waals surface area contributed by atoms with Crippen LogP contribution in [-0.2, 0) is 4.79 Å². The van der Waals surface area contributed by atoms with Crippen LogP contribution in [0.25, 0.3) is 0 Å². The van der Waals surface area contributed by atoms with Crippen LogP contribution in [0.3, 0.4) is 0 Å². The molecular weight excluding hydrogens is 206 g/mol. The smallest absolute Gasteiger partial charge is 0.324 e. The summed E-state index contributed by atoms with van der Waals surface area (Å²) >= 11 is 0. The average Bonchev–Trinajstić information content (AvgIpc) is 2.94. The molecule has 0 saturated heterocycles. The number of hydrogen-bond acceptors (Lipinski definition) is 3. The molecule has 0 amide bonds. The Hall–Kier alpha value is -1.55. The second kappa shape index (κ2) is 3.79. The Labute approximate surface area is 94.0 Å². The molecule has 0 bridgehead atoms. The van der Waals surface area contributed by atoms with Gasteiger partial charge in [0.05, 0.1) is 6.61 Å². The van der Waals surface area contributed by atoms with Crippen LogP contribution in [0, 0.1) is 0 Å². The number of hydrogen-bond donors (Lipinski definition) is 2. The van der Waals surface area contributed by atoms with Crippen LogP contribution in [0.1, 0.15) is 24.8 Å². The summed E-state index contributed by atoms with van der Waals surface area (Å²) < 4.78 is 5.46. The minimum Gasteiger partial charge on any atom is -0.494 e. The van der Waals surface area contributed by atoms with Crippen LogP contribution in [0.5, 0.6) is 5.75 Å². The summed E-state index contributed by atoms with van der Waals surface area (Å²) in [6.07, 6.45) is 0.479. The zero-order valence-corrected chi connectivity index (χ0v) is 9.14. The molecule has 0 aliphatic heterocycles. The quantitative estimate of drug-likeness (QED) is 0.805. The number of rotatable bonds is 4. The average molecular weight is 221 g/mol. The van der Waals surface area contributed by atoms with Gasteiger partial charge in [0.2, 0.25) is 0 Å². The molecule has 0 radical (unpaired) electrons. The molecule has 0 aromatic heterocycles. The minimum absolute atomic E-state index is 0.132. The lowest BCUT2D eigenvalue weighted by atomic mass is 10.1. The molecule has 0 spiro atoms. The molecule has 1 aromatic rings. The van der Waals surface area contributed by atoms with Crippen molar-refractivity contribution >= 4 is 5.97 Å². The molecule has 2 atom stereocenters. The van der Waals surface area contributed by atoms with Crippen LogP contribution in [0.15, 0.2) is 24.3 Å². The van der Waals surface area contributed by atoms with Crippen LogP contribution in [-0.4, -0.2) is 23.2 Å². The number of para-hydroxylation sites is 1. The third kappa shape index (κ3) is 1.65. The maximum absolute atomic E-state index is 11.0. The van der Waals surface area contributed by atoms with Crippen LogP contribution >= 0.6 is 0 Å². The highest BCUT2D eigenvalue weighted by atomic mass is 16.5. The molecule has 1 fully saturated rings. The van der Waals surface area contributed by atoms with E-state index in [2.05, 4.69) is 0 Å². The molecule has 1 aromatic carbocycles. The number of carboxylic acids is 1. The van der Waals surface area contributed by atoms with Crippen molar-refractivity contribution in [1.29, 1.82) is 0 Å². The van der Waals surface area contributed by atoms with E-state index in [0.717, 1.165) is 11.3 Å². The van der Waals surface area contributed by atoms with Gasteiger partial charge in [0.15, 0.2) is 0 Å². The fourth-order valence-electron chi connectivity index (χ4n) is 1.96. The Bertz CT molecular complexity index is 418. The first kappa shape index (κ1) is 11.0. The Morgan fingerprint density at radius 2 is 2.31 bits per heavy atom. The summed E-state index contributed by atoms with van der Waals surface area (Å²) in [7, 11) is 0. The highest BCUT2D eigenvalue weighted by Gasteiger charge is 2.59. The predicted octanol–water partition coefficient (Wildman–Crippen LogP) is 1.35. The van der Waals surface area contributed by atoms with Gasteiger partial charge in [-0.05, 0) is 25.0 Å². The molecule has 4 nitrogen and oxygen atoms in total. The highest BCUT2D eigenvalue weighted by Crippen LogP contribution is 2.52. The number of carboxylic acid groups (broad SMARTS) is 1. The topological polar surface area (TPSA) is 72.5 Å². The van der Waals surface area contributed by atoms with Crippen molar-refractivity contribution in [1.82, 2.24) is 0 Å². The van der Waals surface area contributed by atoms with Gasteiger partial charge in [-0.3, -0.25) is 4.79 Å². The van der Waals surface area contributed by atoms with Gasteiger partial charge in [0.1, 0.15) is 11.3 Å². The van der Waals surface area contributed by atoms with E-state index in [4.69, 9.17) is 15.6 Å². The second-order valence-corrected chi connectivity index (χ2v) is 4.07. The van der Waals surface area contributed by atoms with Gasteiger partial charge in [0, 0.05) is 5.92 Å². The van der Waals surface area contributed by atoms with Gasteiger partial charge in [-0.15, -0.1) is 0 Å². The van der Waals surface area contributed by atoms with Crippen LogP contribution in [0.4, 0.5) is 0 Å². The van der Waals surface area contributed by atoms with Crippen LogP contribution < -0.4 is 10.5 Å².